The molecule has 0 spiro atoms. The molecule has 6 nitrogen and oxygen atoms in total. The monoisotopic (exact) mass is 374 g/mol. The fourth-order valence-corrected chi connectivity index (χ4v) is 2.46. The highest BCUT2D eigenvalue weighted by Crippen LogP contribution is 2.16. The van der Waals surface area contributed by atoms with E-state index in [1.165, 1.54) is 4.90 Å². The Hall–Kier alpha value is -2.41. The molecule has 0 saturated heterocycles. The molecule has 1 amide bonds. The average molecular weight is 375 g/mol. The highest BCUT2D eigenvalue weighted by atomic mass is 79.9. The first-order chi connectivity index (χ1) is 11.0. The number of benzene rings is 1. The number of hydrogen-bond donors (Lipinski definition) is 0. The molecule has 7 heteroatoms. The Morgan fingerprint density at radius 2 is 2.00 bits per heavy atom. The van der Waals surface area contributed by atoms with Gasteiger partial charge >= 0.3 is 0 Å². The number of furan rings is 1. The van der Waals surface area contributed by atoms with E-state index in [1.54, 1.807) is 24.0 Å². The number of rotatable bonds is 4. The summed E-state index contributed by atoms with van der Waals surface area (Å²) in [5.41, 5.74) is 2.31. The molecule has 0 aliphatic rings. The topological polar surface area (TPSA) is 64.2 Å². The van der Waals surface area contributed by atoms with Crippen LogP contribution in [0.1, 0.15) is 21.8 Å². The number of halogens is 1. The van der Waals surface area contributed by atoms with Crippen LogP contribution in [0.5, 0.6) is 0 Å². The number of carbonyl (C=O) groups is 1. The molecule has 2 heterocycles. The highest BCUT2D eigenvalue weighted by Gasteiger charge is 2.17. The van der Waals surface area contributed by atoms with E-state index in [9.17, 15) is 4.79 Å². The average Bonchev–Trinajstić information content (AvgIpc) is 3.16. The van der Waals surface area contributed by atoms with Gasteiger partial charge in [0.1, 0.15) is 5.76 Å². The Labute approximate surface area is 141 Å². The summed E-state index contributed by atoms with van der Waals surface area (Å²) in [5, 5.41) is 7.98. The van der Waals surface area contributed by atoms with Crippen molar-refractivity contribution < 1.29 is 9.21 Å². The minimum Gasteiger partial charge on any atom is -0.452 e. The van der Waals surface area contributed by atoms with Crippen LogP contribution in [0.4, 0.5) is 0 Å². The number of aromatic nitrogens is 3. The molecule has 23 heavy (non-hydrogen) atoms. The Kier molecular flexibility index (Phi) is 4.29. The first-order valence-electron chi connectivity index (χ1n) is 7.02. The fraction of sp³-hybridized carbons (Fsp3) is 0.188. The minimum atomic E-state index is -0.212. The van der Waals surface area contributed by atoms with Gasteiger partial charge in [-0.15, -0.1) is 5.10 Å². The van der Waals surface area contributed by atoms with Crippen molar-refractivity contribution in [2.45, 2.75) is 13.5 Å². The zero-order valence-electron chi connectivity index (χ0n) is 12.7. The number of aryl methyl sites for hydroxylation is 1. The Bertz CT molecular complexity index is 823. The van der Waals surface area contributed by atoms with Crippen molar-refractivity contribution in [1.82, 2.24) is 19.9 Å². The van der Waals surface area contributed by atoms with Gasteiger partial charge in [-0.2, -0.15) is 0 Å². The van der Waals surface area contributed by atoms with Crippen molar-refractivity contribution in [2.24, 2.45) is 0 Å². The first-order valence-corrected chi connectivity index (χ1v) is 7.81. The lowest BCUT2D eigenvalue weighted by molar-refractivity contribution is 0.0769. The number of hydrogen-bond acceptors (Lipinski definition) is 4. The van der Waals surface area contributed by atoms with E-state index >= 15 is 0 Å². The third-order valence-electron chi connectivity index (χ3n) is 3.38. The molecule has 0 saturated carbocycles. The molecule has 0 fully saturated rings. The predicted molar refractivity (Wildman–Crippen MR) is 88.3 cm³/mol. The summed E-state index contributed by atoms with van der Waals surface area (Å²) in [7, 11) is 1.70. The summed E-state index contributed by atoms with van der Waals surface area (Å²) in [5.74, 6) is 0.481. The summed E-state index contributed by atoms with van der Waals surface area (Å²) in [6.45, 7) is 2.38. The highest BCUT2D eigenvalue weighted by molar-refractivity contribution is 9.10. The molecule has 0 radical (unpaired) electrons. The van der Waals surface area contributed by atoms with Crippen LogP contribution < -0.4 is 0 Å². The standard InChI is InChI=1S/C16H15BrN4O2/c1-11-3-5-12(6-4-11)21-10-14(18-19-21)16(22)20(2)9-13-7-8-15(17)23-13/h3-8,10H,9H2,1-2H3. The second-order valence-electron chi connectivity index (χ2n) is 5.25. The van der Waals surface area contributed by atoms with Gasteiger partial charge in [0.05, 0.1) is 18.4 Å². The molecule has 0 N–H and O–H groups in total. The van der Waals surface area contributed by atoms with Crippen molar-refractivity contribution in [3.05, 3.63) is 64.3 Å². The molecular formula is C16H15BrN4O2. The molecule has 0 atom stereocenters. The molecule has 3 rings (SSSR count). The lowest BCUT2D eigenvalue weighted by Crippen LogP contribution is -2.26. The Morgan fingerprint density at radius 3 is 2.65 bits per heavy atom. The predicted octanol–water partition coefficient (Wildman–Crippen LogP) is 3.20. The maximum absolute atomic E-state index is 12.4. The normalized spacial score (nSPS) is 10.7. The van der Waals surface area contributed by atoms with E-state index in [0.717, 1.165) is 11.3 Å². The van der Waals surface area contributed by atoms with E-state index in [-0.39, 0.29) is 5.91 Å². The minimum absolute atomic E-state index is 0.212. The van der Waals surface area contributed by atoms with Crippen LogP contribution in [-0.4, -0.2) is 32.8 Å². The van der Waals surface area contributed by atoms with Crippen molar-refractivity contribution in [3.63, 3.8) is 0 Å². The molecule has 1 aromatic carbocycles. The SMILES string of the molecule is Cc1ccc(-n2cc(C(=O)N(C)Cc3ccc(Br)o3)nn2)cc1. The Morgan fingerprint density at radius 1 is 1.26 bits per heavy atom. The maximum atomic E-state index is 12.4. The van der Waals surface area contributed by atoms with E-state index in [2.05, 4.69) is 26.2 Å². The van der Waals surface area contributed by atoms with Gasteiger partial charge in [-0.3, -0.25) is 4.79 Å². The maximum Gasteiger partial charge on any atom is 0.276 e. The van der Waals surface area contributed by atoms with Crippen molar-refractivity contribution in [1.29, 1.82) is 0 Å². The van der Waals surface area contributed by atoms with Crippen molar-refractivity contribution in [2.75, 3.05) is 7.05 Å². The molecule has 118 valence electrons. The van der Waals surface area contributed by atoms with Gasteiger partial charge in [0.2, 0.25) is 0 Å². The zero-order chi connectivity index (χ0) is 16.4. The quantitative estimate of drug-likeness (QED) is 0.703. The Balaban J connectivity index is 1.74. The molecule has 2 aromatic heterocycles. The molecule has 0 bridgehead atoms. The van der Waals surface area contributed by atoms with Gasteiger partial charge in [-0.1, -0.05) is 22.9 Å². The van der Waals surface area contributed by atoms with Crippen molar-refractivity contribution >= 4 is 21.8 Å². The molecular weight excluding hydrogens is 360 g/mol. The summed E-state index contributed by atoms with van der Waals surface area (Å²) < 4.78 is 7.63. The number of nitrogens with zero attached hydrogens (tertiary/aromatic N) is 4. The van der Waals surface area contributed by atoms with Gasteiger partial charge in [0.15, 0.2) is 10.4 Å². The van der Waals surface area contributed by atoms with Crippen LogP contribution in [-0.2, 0) is 6.54 Å². The fourth-order valence-electron chi connectivity index (χ4n) is 2.12. The van der Waals surface area contributed by atoms with Gasteiger partial charge < -0.3 is 9.32 Å². The van der Waals surface area contributed by atoms with Gasteiger partial charge in [0.25, 0.3) is 5.91 Å². The van der Waals surface area contributed by atoms with Gasteiger partial charge in [0, 0.05) is 7.05 Å². The number of carbonyl (C=O) groups excluding carboxylic acids is 1. The second kappa shape index (κ2) is 6.37. The van der Waals surface area contributed by atoms with Crippen LogP contribution in [0.2, 0.25) is 0 Å². The molecule has 0 aliphatic carbocycles. The van der Waals surface area contributed by atoms with Crippen LogP contribution >= 0.6 is 15.9 Å². The third-order valence-corrected chi connectivity index (χ3v) is 3.81. The van der Waals surface area contributed by atoms with E-state index in [1.807, 2.05) is 37.3 Å². The van der Waals surface area contributed by atoms with Crippen LogP contribution in [0.15, 0.2) is 51.7 Å². The first kappa shape index (κ1) is 15.5. The second-order valence-corrected chi connectivity index (χ2v) is 6.03. The van der Waals surface area contributed by atoms with Crippen LogP contribution in [0, 0.1) is 6.92 Å². The summed E-state index contributed by atoms with van der Waals surface area (Å²) in [6, 6.07) is 11.4. The van der Waals surface area contributed by atoms with Gasteiger partial charge in [-0.25, -0.2) is 4.68 Å². The summed E-state index contributed by atoms with van der Waals surface area (Å²) in [4.78, 5) is 13.9. The lowest BCUT2D eigenvalue weighted by atomic mass is 10.2. The largest absolute Gasteiger partial charge is 0.452 e. The third kappa shape index (κ3) is 3.50. The van der Waals surface area contributed by atoms with E-state index < -0.39 is 0 Å². The van der Waals surface area contributed by atoms with Crippen LogP contribution in [0.3, 0.4) is 0 Å². The van der Waals surface area contributed by atoms with Gasteiger partial charge in [-0.05, 0) is 47.1 Å². The van der Waals surface area contributed by atoms with E-state index in [0.29, 0.717) is 22.7 Å². The molecule has 3 aromatic rings. The number of amides is 1. The molecule has 0 unspecified atom stereocenters. The molecule has 0 aliphatic heterocycles. The summed E-state index contributed by atoms with van der Waals surface area (Å²) >= 11 is 3.24. The van der Waals surface area contributed by atoms with Crippen LogP contribution in [0.25, 0.3) is 5.69 Å². The van der Waals surface area contributed by atoms with E-state index in [4.69, 9.17) is 4.42 Å². The smallest absolute Gasteiger partial charge is 0.276 e. The zero-order valence-corrected chi connectivity index (χ0v) is 14.3. The lowest BCUT2D eigenvalue weighted by Gasteiger charge is -2.13. The van der Waals surface area contributed by atoms with Crippen molar-refractivity contribution in [3.8, 4) is 5.69 Å². The summed E-state index contributed by atoms with van der Waals surface area (Å²) in [6.07, 6.45) is 1.63.